The first kappa shape index (κ1) is 13.7. The minimum atomic E-state index is 0. The summed E-state index contributed by atoms with van der Waals surface area (Å²) in [4.78, 5) is 11.6. The first-order chi connectivity index (χ1) is 6.24. The van der Waals surface area contributed by atoms with Crippen molar-refractivity contribution in [3.8, 4) is 0 Å². The van der Waals surface area contributed by atoms with Crippen LogP contribution in [-0.2, 0) is 4.79 Å². The molecule has 0 bridgehead atoms. The second kappa shape index (κ2) is 7.07. The number of rotatable bonds is 3. The minimum absolute atomic E-state index is 0. The maximum atomic E-state index is 11.6. The highest BCUT2D eigenvalue weighted by molar-refractivity contribution is 5.85. The molecule has 0 spiro atoms. The Balaban J connectivity index is 0.00000169. The summed E-state index contributed by atoms with van der Waals surface area (Å²) in [6.07, 6.45) is 3.17. The fraction of sp³-hybridized carbons (Fsp3) is 0.900. The molecule has 1 saturated heterocycles. The molecule has 3 nitrogen and oxygen atoms in total. The lowest BCUT2D eigenvalue weighted by atomic mass is 9.98. The molecule has 2 unspecified atom stereocenters. The summed E-state index contributed by atoms with van der Waals surface area (Å²) in [5.74, 6) is 0.421. The molecule has 1 heterocycles. The van der Waals surface area contributed by atoms with Gasteiger partial charge in [-0.05, 0) is 32.7 Å². The van der Waals surface area contributed by atoms with Gasteiger partial charge in [-0.25, -0.2) is 0 Å². The molecule has 1 aliphatic rings. The topological polar surface area (TPSA) is 41.1 Å². The monoisotopic (exact) mass is 220 g/mol. The molecule has 0 radical (unpaired) electrons. The second-order valence-corrected chi connectivity index (χ2v) is 3.86. The Bertz CT molecular complexity index is 170. The van der Waals surface area contributed by atoms with Crippen LogP contribution in [0.1, 0.15) is 33.1 Å². The number of piperidine rings is 1. The quantitative estimate of drug-likeness (QED) is 0.754. The number of amides is 1. The Kier molecular flexibility index (Phi) is 6.93. The maximum Gasteiger partial charge on any atom is 0.224 e. The van der Waals surface area contributed by atoms with E-state index in [-0.39, 0.29) is 24.2 Å². The first-order valence-electron chi connectivity index (χ1n) is 5.25. The van der Waals surface area contributed by atoms with Crippen LogP contribution in [0.15, 0.2) is 0 Å². The lowest BCUT2D eigenvalue weighted by molar-refractivity contribution is -0.126. The van der Waals surface area contributed by atoms with Crippen molar-refractivity contribution in [3.05, 3.63) is 0 Å². The Morgan fingerprint density at radius 2 is 2.36 bits per heavy atom. The number of nitrogens with one attached hydrogen (secondary N) is 2. The molecule has 14 heavy (non-hydrogen) atoms. The van der Waals surface area contributed by atoms with Gasteiger partial charge in [0.1, 0.15) is 0 Å². The van der Waals surface area contributed by atoms with Crippen molar-refractivity contribution in [3.63, 3.8) is 0 Å². The Morgan fingerprint density at radius 1 is 1.64 bits per heavy atom. The third-order valence-corrected chi connectivity index (χ3v) is 2.67. The van der Waals surface area contributed by atoms with Crippen LogP contribution in [0.25, 0.3) is 0 Å². The molecule has 0 aliphatic carbocycles. The third-order valence-electron chi connectivity index (χ3n) is 2.67. The highest BCUT2D eigenvalue weighted by Gasteiger charge is 2.21. The molecule has 2 N–H and O–H groups in total. The van der Waals surface area contributed by atoms with Crippen molar-refractivity contribution in [2.24, 2.45) is 5.92 Å². The smallest absolute Gasteiger partial charge is 0.224 e. The fourth-order valence-electron chi connectivity index (χ4n) is 1.54. The van der Waals surface area contributed by atoms with E-state index in [4.69, 9.17) is 0 Å². The van der Waals surface area contributed by atoms with Gasteiger partial charge < -0.3 is 10.6 Å². The van der Waals surface area contributed by atoms with Gasteiger partial charge in [0.2, 0.25) is 5.91 Å². The number of hydrogen-bond donors (Lipinski definition) is 2. The molecule has 1 fully saturated rings. The normalized spacial score (nSPS) is 23.4. The molecule has 0 saturated carbocycles. The van der Waals surface area contributed by atoms with Crippen molar-refractivity contribution in [1.82, 2.24) is 10.6 Å². The van der Waals surface area contributed by atoms with Crippen molar-refractivity contribution >= 4 is 18.3 Å². The lowest BCUT2D eigenvalue weighted by Crippen LogP contribution is -2.43. The Morgan fingerprint density at radius 3 is 2.86 bits per heavy atom. The highest BCUT2D eigenvalue weighted by atomic mass is 35.5. The summed E-state index contributed by atoms with van der Waals surface area (Å²) in [7, 11) is 0. The van der Waals surface area contributed by atoms with E-state index in [0.29, 0.717) is 6.04 Å². The highest BCUT2D eigenvalue weighted by Crippen LogP contribution is 2.10. The molecule has 0 aromatic rings. The van der Waals surface area contributed by atoms with Crippen LogP contribution in [-0.4, -0.2) is 25.0 Å². The average molecular weight is 221 g/mol. The number of halogens is 1. The van der Waals surface area contributed by atoms with E-state index >= 15 is 0 Å². The SMILES string of the molecule is CCC(C)NC(=O)C1CCCNC1.Cl. The zero-order chi connectivity index (χ0) is 9.68. The Labute approximate surface area is 92.4 Å². The average Bonchev–Trinajstić information content (AvgIpc) is 2.19. The van der Waals surface area contributed by atoms with Crippen molar-refractivity contribution in [2.75, 3.05) is 13.1 Å². The molecule has 1 amide bonds. The summed E-state index contributed by atoms with van der Waals surface area (Å²) in [5.41, 5.74) is 0. The molecular formula is C10H21ClN2O. The summed E-state index contributed by atoms with van der Waals surface area (Å²) >= 11 is 0. The molecule has 0 aromatic carbocycles. The molecule has 84 valence electrons. The molecular weight excluding hydrogens is 200 g/mol. The van der Waals surface area contributed by atoms with Gasteiger partial charge >= 0.3 is 0 Å². The second-order valence-electron chi connectivity index (χ2n) is 3.86. The van der Waals surface area contributed by atoms with Gasteiger partial charge in [-0.3, -0.25) is 4.79 Å². The van der Waals surface area contributed by atoms with Gasteiger partial charge in [0.25, 0.3) is 0 Å². The zero-order valence-corrected chi connectivity index (χ0v) is 9.82. The van der Waals surface area contributed by atoms with Gasteiger partial charge in [-0.15, -0.1) is 12.4 Å². The Hall–Kier alpha value is -0.280. The molecule has 1 aliphatic heterocycles. The van der Waals surface area contributed by atoms with Crippen LogP contribution >= 0.6 is 12.4 Å². The lowest BCUT2D eigenvalue weighted by Gasteiger charge is -2.23. The summed E-state index contributed by atoms with van der Waals surface area (Å²) in [6, 6.07) is 0.314. The summed E-state index contributed by atoms with van der Waals surface area (Å²) in [5, 5.41) is 6.27. The predicted molar refractivity (Wildman–Crippen MR) is 60.7 cm³/mol. The van der Waals surface area contributed by atoms with Gasteiger partial charge in [-0.1, -0.05) is 6.92 Å². The van der Waals surface area contributed by atoms with Crippen LogP contribution in [0.2, 0.25) is 0 Å². The fourth-order valence-corrected chi connectivity index (χ4v) is 1.54. The van der Waals surface area contributed by atoms with Gasteiger partial charge in [0, 0.05) is 12.6 Å². The van der Waals surface area contributed by atoms with E-state index in [0.717, 1.165) is 32.4 Å². The first-order valence-corrected chi connectivity index (χ1v) is 5.25. The van der Waals surface area contributed by atoms with E-state index in [1.165, 1.54) is 0 Å². The van der Waals surface area contributed by atoms with Crippen LogP contribution < -0.4 is 10.6 Å². The van der Waals surface area contributed by atoms with E-state index in [1.54, 1.807) is 0 Å². The largest absolute Gasteiger partial charge is 0.353 e. The van der Waals surface area contributed by atoms with Crippen LogP contribution in [0.3, 0.4) is 0 Å². The van der Waals surface area contributed by atoms with Crippen molar-refractivity contribution in [1.29, 1.82) is 0 Å². The molecule has 2 atom stereocenters. The summed E-state index contributed by atoms with van der Waals surface area (Å²) < 4.78 is 0. The number of hydrogen-bond acceptors (Lipinski definition) is 2. The third kappa shape index (κ3) is 4.29. The molecule has 4 heteroatoms. The number of carbonyl (C=O) groups is 1. The maximum absolute atomic E-state index is 11.6. The minimum Gasteiger partial charge on any atom is -0.353 e. The number of carbonyl (C=O) groups excluding carboxylic acids is 1. The summed E-state index contributed by atoms with van der Waals surface area (Å²) in [6.45, 7) is 6.05. The standard InChI is InChI=1S/C10H20N2O.ClH/c1-3-8(2)12-10(13)9-5-4-6-11-7-9;/h8-9,11H,3-7H2,1-2H3,(H,12,13);1H. The van der Waals surface area contributed by atoms with Crippen LogP contribution in [0, 0.1) is 5.92 Å². The van der Waals surface area contributed by atoms with Crippen LogP contribution in [0.4, 0.5) is 0 Å². The predicted octanol–water partition coefficient (Wildman–Crippen LogP) is 1.32. The van der Waals surface area contributed by atoms with E-state index in [1.807, 2.05) is 6.92 Å². The van der Waals surface area contributed by atoms with E-state index < -0.39 is 0 Å². The van der Waals surface area contributed by atoms with Crippen molar-refractivity contribution in [2.45, 2.75) is 39.2 Å². The van der Waals surface area contributed by atoms with Gasteiger partial charge in [-0.2, -0.15) is 0 Å². The van der Waals surface area contributed by atoms with Gasteiger partial charge in [0.05, 0.1) is 5.92 Å². The molecule has 1 rings (SSSR count). The van der Waals surface area contributed by atoms with Gasteiger partial charge in [0.15, 0.2) is 0 Å². The zero-order valence-electron chi connectivity index (χ0n) is 9.01. The van der Waals surface area contributed by atoms with Crippen molar-refractivity contribution < 1.29 is 4.79 Å². The molecule has 0 aromatic heterocycles. The van der Waals surface area contributed by atoms with E-state index in [9.17, 15) is 4.79 Å². The van der Waals surface area contributed by atoms with E-state index in [2.05, 4.69) is 17.6 Å². The van der Waals surface area contributed by atoms with Crippen LogP contribution in [0.5, 0.6) is 0 Å².